The van der Waals surface area contributed by atoms with E-state index in [1.165, 1.54) is 0 Å². The molecule has 0 saturated heterocycles. The zero-order valence-corrected chi connectivity index (χ0v) is 17.8. The van der Waals surface area contributed by atoms with Gasteiger partial charge in [-0.25, -0.2) is 9.79 Å². The molecule has 6 nitrogen and oxygen atoms in total. The topological polar surface area (TPSA) is 88.4 Å². The number of hydrogen-bond donors (Lipinski definition) is 2. The summed E-state index contributed by atoms with van der Waals surface area (Å²) in [6.07, 6.45) is 1.63. The van der Waals surface area contributed by atoms with E-state index in [4.69, 9.17) is 9.47 Å². The zero-order valence-electron chi connectivity index (χ0n) is 17.0. The quantitative estimate of drug-likeness (QED) is 0.611. The maximum Gasteiger partial charge on any atom is 0.344 e. The average molecular weight is 426 g/mol. The Bertz CT molecular complexity index is 1040. The molecule has 2 N–H and O–H groups in total. The second-order valence-corrected chi connectivity index (χ2v) is 7.49. The molecule has 0 radical (unpaired) electrons. The maximum absolute atomic E-state index is 12.5. The molecule has 0 aliphatic carbocycles. The van der Waals surface area contributed by atoms with Crippen LogP contribution in [0.4, 0.5) is 5.69 Å². The lowest BCUT2D eigenvalue weighted by molar-refractivity contribution is -0.138. The molecule has 1 heterocycles. The largest absolute Gasteiger partial charge is 0.507 e. The van der Waals surface area contributed by atoms with Gasteiger partial charge in [0.05, 0.1) is 23.8 Å². The van der Waals surface area contributed by atoms with E-state index >= 15 is 0 Å². The number of ether oxygens (including phenoxy) is 2. The van der Waals surface area contributed by atoms with Crippen molar-refractivity contribution in [3.8, 4) is 11.5 Å². The summed E-state index contributed by atoms with van der Waals surface area (Å²) >= 11 is 1.14. The number of aliphatic hydroxyl groups excluding tert-OH is 1. The van der Waals surface area contributed by atoms with Crippen LogP contribution in [0.25, 0.3) is 6.08 Å². The van der Waals surface area contributed by atoms with Gasteiger partial charge in [0, 0.05) is 5.56 Å². The minimum absolute atomic E-state index is 0.00845. The number of aryl methyl sites for hydroxylation is 1. The first-order chi connectivity index (χ1) is 14.4. The van der Waals surface area contributed by atoms with Crippen LogP contribution in [-0.4, -0.2) is 34.4 Å². The molecule has 0 aromatic heterocycles. The van der Waals surface area contributed by atoms with Crippen LogP contribution in [0.5, 0.6) is 11.5 Å². The number of phenols is 1. The van der Waals surface area contributed by atoms with Gasteiger partial charge < -0.3 is 19.7 Å². The highest BCUT2D eigenvalue weighted by molar-refractivity contribution is 8.18. The fourth-order valence-electron chi connectivity index (χ4n) is 2.82. The van der Waals surface area contributed by atoms with Crippen LogP contribution >= 0.6 is 11.8 Å². The van der Waals surface area contributed by atoms with Crippen molar-refractivity contribution in [1.29, 1.82) is 0 Å². The van der Waals surface area contributed by atoms with E-state index in [0.717, 1.165) is 23.1 Å². The first-order valence-corrected chi connectivity index (χ1v) is 10.4. The predicted molar refractivity (Wildman–Crippen MR) is 119 cm³/mol. The Balaban J connectivity index is 2.01. The van der Waals surface area contributed by atoms with E-state index in [1.54, 1.807) is 55.5 Å². The molecular weight excluding hydrogens is 402 g/mol. The molecule has 1 aliphatic heterocycles. The van der Waals surface area contributed by atoms with Crippen LogP contribution in [0, 0.1) is 6.92 Å². The second-order valence-electron chi connectivity index (χ2n) is 6.46. The third-order valence-corrected chi connectivity index (χ3v) is 5.24. The number of carbonyl (C=O) groups is 1. The minimum atomic E-state index is -0.649. The van der Waals surface area contributed by atoms with Gasteiger partial charge >= 0.3 is 5.97 Å². The number of hydrogen-bond acceptors (Lipinski definition) is 7. The Morgan fingerprint density at radius 1 is 1.10 bits per heavy atom. The molecule has 0 bridgehead atoms. The summed E-state index contributed by atoms with van der Waals surface area (Å²) in [4.78, 5) is 17.4. The highest BCUT2D eigenvalue weighted by Crippen LogP contribution is 2.41. The molecule has 0 unspecified atom stereocenters. The van der Waals surface area contributed by atoms with Crippen LogP contribution in [-0.2, 0) is 9.53 Å². The van der Waals surface area contributed by atoms with Crippen LogP contribution < -0.4 is 4.74 Å². The number of aromatic hydroxyl groups is 1. The van der Waals surface area contributed by atoms with E-state index in [-0.39, 0.29) is 23.7 Å². The number of carbonyl (C=O) groups excluding carboxylic acids is 1. The molecule has 30 heavy (non-hydrogen) atoms. The minimum Gasteiger partial charge on any atom is -0.507 e. The molecule has 2 aromatic carbocycles. The second kappa shape index (κ2) is 9.54. The Hall–Kier alpha value is -3.19. The van der Waals surface area contributed by atoms with E-state index in [2.05, 4.69) is 4.99 Å². The summed E-state index contributed by atoms with van der Waals surface area (Å²) in [5.41, 5.74) is 2.11. The van der Waals surface area contributed by atoms with Gasteiger partial charge in [-0.3, -0.25) is 0 Å². The van der Waals surface area contributed by atoms with Gasteiger partial charge in [0.25, 0.3) is 0 Å². The van der Waals surface area contributed by atoms with Crippen LogP contribution in [0.3, 0.4) is 0 Å². The number of phenolic OH excluding ortho intramolecular Hbond substituents is 1. The molecule has 0 spiro atoms. The first kappa shape index (κ1) is 21.5. The molecule has 1 aliphatic rings. The van der Waals surface area contributed by atoms with Crippen LogP contribution in [0.2, 0.25) is 0 Å². The van der Waals surface area contributed by atoms with Crippen molar-refractivity contribution in [2.75, 3.05) is 13.2 Å². The van der Waals surface area contributed by atoms with Gasteiger partial charge in [0.15, 0.2) is 0 Å². The van der Waals surface area contributed by atoms with Gasteiger partial charge in [-0.2, -0.15) is 0 Å². The van der Waals surface area contributed by atoms with Crippen molar-refractivity contribution in [1.82, 2.24) is 0 Å². The molecule has 156 valence electrons. The number of aliphatic imine (C=N–C) groups is 1. The summed E-state index contributed by atoms with van der Waals surface area (Å²) in [5, 5.41) is 21.2. The Kier molecular flexibility index (Phi) is 6.84. The van der Waals surface area contributed by atoms with Crippen molar-refractivity contribution in [2.24, 2.45) is 4.99 Å². The van der Waals surface area contributed by atoms with Crippen molar-refractivity contribution in [3.63, 3.8) is 0 Å². The van der Waals surface area contributed by atoms with Crippen molar-refractivity contribution in [2.45, 2.75) is 20.8 Å². The van der Waals surface area contributed by atoms with E-state index < -0.39 is 5.97 Å². The first-order valence-electron chi connectivity index (χ1n) is 9.54. The van der Waals surface area contributed by atoms with Crippen molar-refractivity contribution in [3.05, 3.63) is 69.8 Å². The monoisotopic (exact) mass is 425 g/mol. The Labute approximate surface area is 179 Å². The molecule has 0 amide bonds. The number of aliphatic hydroxyl groups is 1. The number of rotatable bonds is 6. The molecule has 0 fully saturated rings. The summed E-state index contributed by atoms with van der Waals surface area (Å²) in [5.74, 6) is -0.0655. The summed E-state index contributed by atoms with van der Waals surface area (Å²) in [6, 6.07) is 12.3. The fourth-order valence-corrected chi connectivity index (χ4v) is 3.85. The molecule has 3 rings (SSSR count). The van der Waals surface area contributed by atoms with E-state index in [9.17, 15) is 15.0 Å². The predicted octanol–water partition coefficient (Wildman–Crippen LogP) is 5.29. The smallest absolute Gasteiger partial charge is 0.344 e. The normalized spacial score (nSPS) is 16.4. The SMILES string of the molecule is CCOC(=O)C1=C(O)C(=Cc2cc(C)ccc2O)SC1=Nc1ccc(OCC)cc1. The van der Waals surface area contributed by atoms with Crippen molar-refractivity contribution >= 4 is 34.5 Å². The average Bonchev–Trinajstić information content (AvgIpc) is 3.01. The lowest BCUT2D eigenvalue weighted by Gasteiger charge is -2.05. The molecule has 7 heteroatoms. The summed E-state index contributed by atoms with van der Waals surface area (Å²) < 4.78 is 10.5. The molecule has 0 atom stereocenters. The zero-order chi connectivity index (χ0) is 21.7. The molecule has 2 aromatic rings. The Morgan fingerprint density at radius 3 is 2.50 bits per heavy atom. The van der Waals surface area contributed by atoms with E-state index in [0.29, 0.717) is 27.8 Å². The third-order valence-electron chi connectivity index (χ3n) is 4.22. The highest BCUT2D eigenvalue weighted by atomic mass is 32.2. The number of benzene rings is 2. The number of nitrogens with zero attached hydrogens (tertiary/aromatic N) is 1. The van der Waals surface area contributed by atoms with Gasteiger partial charge in [-0.15, -0.1) is 0 Å². The van der Waals surface area contributed by atoms with Gasteiger partial charge in [0.2, 0.25) is 0 Å². The van der Waals surface area contributed by atoms with Gasteiger partial charge in [-0.05, 0) is 63.2 Å². The molecular formula is C23H23NO5S. The maximum atomic E-state index is 12.5. The lowest BCUT2D eigenvalue weighted by Crippen LogP contribution is -2.12. The molecule has 0 saturated carbocycles. The summed E-state index contributed by atoms with van der Waals surface area (Å²) in [7, 11) is 0. The van der Waals surface area contributed by atoms with Crippen molar-refractivity contribution < 1.29 is 24.5 Å². The standard InChI is InChI=1S/C23H23NO5S/c1-4-28-17-9-7-16(8-10-17)24-22-20(23(27)29-5-2)21(26)19(30-22)13-15-12-14(3)6-11-18(15)25/h6-13,25-26H,4-5H2,1-3H3. The third kappa shape index (κ3) is 4.86. The fraction of sp³-hybridized carbons (Fsp3) is 0.217. The number of thioether (sulfide) groups is 1. The van der Waals surface area contributed by atoms with E-state index in [1.807, 2.05) is 13.8 Å². The van der Waals surface area contributed by atoms with Crippen LogP contribution in [0.15, 0.2) is 63.7 Å². The highest BCUT2D eigenvalue weighted by Gasteiger charge is 2.33. The summed E-state index contributed by atoms with van der Waals surface area (Å²) in [6.45, 7) is 6.24. The lowest BCUT2D eigenvalue weighted by atomic mass is 10.1. The van der Waals surface area contributed by atoms with Gasteiger partial charge in [-0.1, -0.05) is 23.4 Å². The number of esters is 1. The van der Waals surface area contributed by atoms with Crippen LogP contribution in [0.1, 0.15) is 25.0 Å². The Morgan fingerprint density at radius 2 is 1.83 bits per heavy atom. The van der Waals surface area contributed by atoms with Gasteiger partial charge in [0.1, 0.15) is 27.9 Å².